The van der Waals surface area contributed by atoms with Crippen LogP contribution in [0, 0.1) is 0 Å². The molecule has 0 bridgehead atoms. The first-order valence-corrected chi connectivity index (χ1v) is 4.59. The van der Waals surface area contributed by atoms with Crippen molar-refractivity contribution in [1.29, 1.82) is 0 Å². The van der Waals surface area contributed by atoms with E-state index in [1.54, 1.807) is 11.8 Å². The maximum atomic E-state index is 10.8. The number of likely N-dealkylation sites (N-methyl/N-ethyl adjacent to an activating group) is 1. The van der Waals surface area contributed by atoms with Crippen molar-refractivity contribution in [1.82, 2.24) is 10.2 Å². The third-order valence-electron chi connectivity index (χ3n) is 1.89. The van der Waals surface area contributed by atoms with E-state index in [2.05, 4.69) is 10.4 Å². The number of carboxylic acids is 1. The van der Waals surface area contributed by atoms with E-state index >= 15 is 0 Å². The number of aliphatic carboxylic acids is 1. The number of guanidine groups is 1. The molecule has 6 nitrogen and oxygen atoms in total. The normalized spacial score (nSPS) is 13.5. The monoisotopic (exact) mass is 202 g/mol. The summed E-state index contributed by atoms with van der Waals surface area (Å²) in [6.07, 6.45) is 0. The van der Waals surface area contributed by atoms with E-state index in [9.17, 15) is 4.79 Å². The highest BCUT2D eigenvalue weighted by Crippen LogP contribution is 1.99. The van der Waals surface area contributed by atoms with Gasteiger partial charge >= 0.3 is 5.97 Å². The van der Waals surface area contributed by atoms with Gasteiger partial charge in [0, 0.05) is 13.1 Å². The first-order chi connectivity index (χ1) is 6.58. The maximum absolute atomic E-state index is 10.8. The van der Waals surface area contributed by atoms with E-state index in [1.807, 2.05) is 13.8 Å². The fraction of sp³-hybridized carbons (Fsp3) is 0.750. The lowest BCUT2D eigenvalue weighted by atomic mass is 10.3. The molecule has 14 heavy (non-hydrogen) atoms. The van der Waals surface area contributed by atoms with Gasteiger partial charge in [0.2, 0.25) is 5.96 Å². The molecule has 0 radical (unpaired) electrons. The zero-order valence-electron chi connectivity index (χ0n) is 8.82. The molecule has 0 fully saturated rings. The molecule has 0 aromatic rings. The second-order valence-electron chi connectivity index (χ2n) is 2.78. The second-order valence-corrected chi connectivity index (χ2v) is 2.78. The molecular weight excluding hydrogens is 184 g/mol. The van der Waals surface area contributed by atoms with Gasteiger partial charge in [-0.25, -0.2) is 4.79 Å². The molecule has 0 aliphatic carbocycles. The summed E-state index contributed by atoms with van der Waals surface area (Å²) in [5, 5.41) is 15.3. The van der Waals surface area contributed by atoms with Gasteiger partial charge < -0.3 is 21.2 Å². The molecule has 0 saturated heterocycles. The van der Waals surface area contributed by atoms with Crippen molar-refractivity contribution in [2.24, 2.45) is 10.9 Å². The van der Waals surface area contributed by atoms with Crippen LogP contribution in [0.25, 0.3) is 0 Å². The van der Waals surface area contributed by atoms with Gasteiger partial charge in [-0.05, 0) is 20.8 Å². The van der Waals surface area contributed by atoms with Crippen molar-refractivity contribution < 1.29 is 9.90 Å². The first kappa shape index (κ1) is 12.5. The second kappa shape index (κ2) is 6.06. The van der Waals surface area contributed by atoms with Crippen LogP contribution in [-0.4, -0.2) is 41.1 Å². The van der Waals surface area contributed by atoms with Gasteiger partial charge in [-0.2, -0.15) is 0 Å². The van der Waals surface area contributed by atoms with E-state index in [1.165, 1.54) is 0 Å². The Kier molecular flexibility index (Phi) is 5.43. The highest BCUT2D eigenvalue weighted by molar-refractivity contribution is 5.85. The summed E-state index contributed by atoms with van der Waals surface area (Å²) in [4.78, 5) is 12.3. The smallest absolute Gasteiger partial charge is 0.326 e. The van der Waals surface area contributed by atoms with Crippen molar-refractivity contribution >= 4 is 11.9 Å². The van der Waals surface area contributed by atoms with Crippen molar-refractivity contribution in [2.75, 3.05) is 13.1 Å². The van der Waals surface area contributed by atoms with Gasteiger partial charge in [0.1, 0.15) is 6.04 Å². The Hall–Kier alpha value is -1.46. The third kappa shape index (κ3) is 3.12. The van der Waals surface area contributed by atoms with Gasteiger partial charge in [-0.1, -0.05) is 0 Å². The van der Waals surface area contributed by atoms with Crippen LogP contribution in [0.5, 0.6) is 0 Å². The Morgan fingerprint density at radius 1 is 1.64 bits per heavy atom. The summed E-state index contributed by atoms with van der Waals surface area (Å²) in [6.45, 7) is 6.52. The number of nitrogens with two attached hydrogens (primary N) is 1. The van der Waals surface area contributed by atoms with Gasteiger partial charge in [0.25, 0.3) is 0 Å². The molecule has 0 spiro atoms. The molecular formula is C8H18N4O2. The highest BCUT2D eigenvalue weighted by Gasteiger charge is 2.21. The molecule has 0 heterocycles. The number of hydrogen-bond donors (Lipinski definition) is 3. The lowest BCUT2D eigenvalue weighted by molar-refractivity contribution is -0.141. The molecule has 1 atom stereocenters. The number of hydrazone groups is 1. The Balaban J connectivity index is 4.59. The minimum absolute atomic E-state index is 0.407. The minimum atomic E-state index is -0.897. The van der Waals surface area contributed by atoms with Gasteiger partial charge in [-0.3, -0.25) is 0 Å². The number of nitrogens with one attached hydrogen (secondary N) is 1. The summed E-state index contributed by atoms with van der Waals surface area (Å²) in [5.41, 5.74) is 0. The van der Waals surface area contributed by atoms with Crippen LogP contribution in [0.4, 0.5) is 0 Å². The van der Waals surface area contributed by atoms with Crippen LogP contribution in [0.3, 0.4) is 0 Å². The summed E-state index contributed by atoms with van der Waals surface area (Å²) in [5.74, 6) is 4.67. The van der Waals surface area contributed by atoms with Crippen molar-refractivity contribution in [3.8, 4) is 0 Å². The molecule has 4 N–H and O–H groups in total. The predicted molar refractivity (Wildman–Crippen MR) is 54.8 cm³/mol. The highest BCUT2D eigenvalue weighted by atomic mass is 16.4. The van der Waals surface area contributed by atoms with Gasteiger partial charge in [-0.15, -0.1) is 5.10 Å². The van der Waals surface area contributed by atoms with Crippen LogP contribution in [0.1, 0.15) is 20.8 Å². The maximum Gasteiger partial charge on any atom is 0.326 e. The molecule has 6 heteroatoms. The standard InChI is InChI=1S/C8H18N4O2/c1-4-10-8(11-9)12(5-2)6(3)7(13)14/h6H,4-5,9H2,1-3H3,(H,10,11)(H,13,14). The van der Waals surface area contributed by atoms with E-state index in [0.717, 1.165) is 0 Å². The van der Waals surface area contributed by atoms with E-state index in [0.29, 0.717) is 19.0 Å². The summed E-state index contributed by atoms with van der Waals surface area (Å²) < 4.78 is 0. The predicted octanol–water partition coefficient (Wildman–Crippen LogP) is -0.379. The number of nitrogens with zero attached hydrogens (tertiary/aromatic N) is 2. The zero-order chi connectivity index (χ0) is 11.1. The number of carbonyl (C=O) groups is 1. The SMILES string of the molecule is CCN/C(=N\N)N(CC)C(C)C(=O)O. The third-order valence-corrected chi connectivity index (χ3v) is 1.89. The summed E-state index contributed by atoms with van der Waals surface area (Å²) in [6, 6.07) is -0.638. The summed E-state index contributed by atoms with van der Waals surface area (Å²) in [7, 11) is 0. The molecule has 0 aliphatic rings. The molecule has 0 aromatic heterocycles. The molecule has 82 valence electrons. The molecule has 0 aliphatic heterocycles. The summed E-state index contributed by atoms with van der Waals surface area (Å²) >= 11 is 0. The van der Waals surface area contributed by atoms with E-state index < -0.39 is 12.0 Å². The zero-order valence-corrected chi connectivity index (χ0v) is 8.82. The van der Waals surface area contributed by atoms with Crippen molar-refractivity contribution in [3.63, 3.8) is 0 Å². The molecule has 1 unspecified atom stereocenters. The topological polar surface area (TPSA) is 91.0 Å². The van der Waals surface area contributed by atoms with Crippen LogP contribution >= 0.6 is 0 Å². The minimum Gasteiger partial charge on any atom is -0.480 e. The van der Waals surface area contributed by atoms with E-state index in [-0.39, 0.29) is 0 Å². The van der Waals surface area contributed by atoms with Crippen LogP contribution < -0.4 is 11.2 Å². The molecule has 0 amide bonds. The Bertz CT molecular complexity index is 217. The Morgan fingerprint density at radius 2 is 2.21 bits per heavy atom. The fourth-order valence-electron chi connectivity index (χ4n) is 1.12. The van der Waals surface area contributed by atoms with Gasteiger partial charge in [0.05, 0.1) is 0 Å². The Labute approximate surface area is 83.8 Å². The number of rotatable bonds is 4. The average molecular weight is 202 g/mol. The van der Waals surface area contributed by atoms with Crippen molar-refractivity contribution in [2.45, 2.75) is 26.8 Å². The number of hydrogen-bond acceptors (Lipinski definition) is 3. The van der Waals surface area contributed by atoms with Crippen LogP contribution in [0.2, 0.25) is 0 Å². The average Bonchev–Trinajstić information content (AvgIpc) is 2.17. The lowest BCUT2D eigenvalue weighted by Gasteiger charge is -2.27. The Morgan fingerprint density at radius 3 is 2.50 bits per heavy atom. The largest absolute Gasteiger partial charge is 0.480 e. The lowest BCUT2D eigenvalue weighted by Crippen LogP contribution is -2.49. The quantitative estimate of drug-likeness (QED) is 0.250. The first-order valence-electron chi connectivity index (χ1n) is 4.59. The van der Waals surface area contributed by atoms with E-state index in [4.69, 9.17) is 10.9 Å². The van der Waals surface area contributed by atoms with Crippen LogP contribution in [0.15, 0.2) is 5.10 Å². The number of carboxylic acid groups (broad SMARTS) is 1. The molecule has 0 aromatic carbocycles. The van der Waals surface area contributed by atoms with Crippen LogP contribution in [-0.2, 0) is 4.79 Å². The fourth-order valence-corrected chi connectivity index (χ4v) is 1.12. The molecule has 0 rings (SSSR count). The van der Waals surface area contributed by atoms with Gasteiger partial charge in [0.15, 0.2) is 0 Å². The van der Waals surface area contributed by atoms with Crippen molar-refractivity contribution in [3.05, 3.63) is 0 Å². The molecule has 0 saturated carbocycles.